The molecular weight excluding hydrogens is 426 g/mol. The van der Waals surface area contributed by atoms with Crippen molar-refractivity contribution in [2.24, 2.45) is 10.7 Å². The van der Waals surface area contributed by atoms with Crippen LogP contribution in [0.25, 0.3) is 5.70 Å². The van der Waals surface area contributed by atoms with E-state index in [1.165, 1.54) is 6.92 Å². The normalized spacial score (nSPS) is 20.0. The number of carbonyl (C=O) groups excluding carboxylic acids is 3. The number of nitrogens with one attached hydrogen (secondary N) is 1. The Balaban J connectivity index is 0.00000118. The number of aliphatic hydroxyl groups is 1. The highest BCUT2D eigenvalue weighted by molar-refractivity contribution is 6.06. The van der Waals surface area contributed by atoms with Crippen molar-refractivity contribution >= 4 is 30.0 Å². The maximum atomic E-state index is 13.9. The zero-order valence-electron chi connectivity index (χ0n) is 18.0. The highest BCUT2D eigenvalue weighted by Crippen LogP contribution is 2.20. The summed E-state index contributed by atoms with van der Waals surface area (Å²) < 4.78 is 32.3. The summed E-state index contributed by atoms with van der Waals surface area (Å²) in [6.07, 6.45) is 2.82. The van der Waals surface area contributed by atoms with E-state index in [0.717, 1.165) is 42.1 Å². The monoisotopic (exact) mass is 452 g/mol. The van der Waals surface area contributed by atoms with E-state index < -0.39 is 40.1 Å². The molecule has 0 spiro atoms. The molecule has 1 amide bonds. The molecule has 0 fully saturated rings. The minimum Gasteiger partial charge on any atom is -0.513 e. The predicted octanol–water partition coefficient (Wildman–Crippen LogP) is 1.30. The van der Waals surface area contributed by atoms with E-state index in [2.05, 4.69) is 15.0 Å². The largest absolute Gasteiger partial charge is 0.513 e. The molecular formula is C21H26F2N4O5. The lowest BCUT2D eigenvalue weighted by Crippen LogP contribution is -2.55. The van der Waals surface area contributed by atoms with E-state index in [9.17, 15) is 28.3 Å². The molecule has 0 aliphatic carbocycles. The fourth-order valence-corrected chi connectivity index (χ4v) is 2.50. The minimum absolute atomic E-state index is 0.213. The molecule has 0 saturated carbocycles. The van der Waals surface area contributed by atoms with E-state index in [1.54, 1.807) is 7.11 Å². The molecule has 9 nitrogen and oxygen atoms in total. The molecule has 1 aromatic carbocycles. The first-order valence-electron chi connectivity index (χ1n) is 9.47. The van der Waals surface area contributed by atoms with Crippen LogP contribution in [0.2, 0.25) is 0 Å². The van der Waals surface area contributed by atoms with Gasteiger partial charge in [0.15, 0.2) is 5.78 Å². The quantitative estimate of drug-likeness (QED) is 0.336. The smallest absolute Gasteiger partial charge is 0.278 e. The van der Waals surface area contributed by atoms with Crippen LogP contribution in [0.4, 0.5) is 8.78 Å². The summed E-state index contributed by atoms with van der Waals surface area (Å²) in [5.41, 5.74) is 2.78. The zero-order chi connectivity index (χ0) is 24.3. The molecule has 1 unspecified atom stereocenters. The van der Waals surface area contributed by atoms with Crippen molar-refractivity contribution in [3.8, 4) is 0 Å². The third kappa shape index (κ3) is 6.71. The number of halogens is 2. The number of methoxy groups -OCH3 is 1. The second kappa shape index (κ2) is 12.3. The lowest BCUT2D eigenvalue weighted by molar-refractivity contribution is -0.126. The number of benzene rings is 1. The lowest BCUT2D eigenvalue weighted by atomic mass is 9.93. The first-order chi connectivity index (χ1) is 15.1. The highest BCUT2D eigenvalue weighted by Gasteiger charge is 2.36. The maximum absolute atomic E-state index is 13.9. The second-order valence-electron chi connectivity index (χ2n) is 6.72. The summed E-state index contributed by atoms with van der Waals surface area (Å²) in [4.78, 5) is 40.6. The van der Waals surface area contributed by atoms with Gasteiger partial charge in [-0.25, -0.2) is 8.78 Å². The number of ether oxygens (including phenoxy) is 1. The van der Waals surface area contributed by atoms with E-state index in [4.69, 9.17) is 5.73 Å². The van der Waals surface area contributed by atoms with Crippen LogP contribution < -0.4 is 11.1 Å². The lowest BCUT2D eigenvalue weighted by Gasteiger charge is -2.31. The van der Waals surface area contributed by atoms with E-state index in [-0.39, 0.29) is 18.8 Å². The molecule has 11 heteroatoms. The molecule has 174 valence electrons. The van der Waals surface area contributed by atoms with E-state index in [0.29, 0.717) is 12.5 Å². The molecule has 0 bridgehead atoms. The van der Waals surface area contributed by atoms with Gasteiger partial charge in [-0.1, -0.05) is 6.07 Å². The maximum Gasteiger partial charge on any atom is 0.278 e. The number of nitrogens with zero attached hydrogens (tertiary/aromatic N) is 2. The summed E-state index contributed by atoms with van der Waals surface area (Å²) in [6, 6.07) is 3.15. The predicted molar refractivity (Wildman–Crippen MR) is 114 cm³/mol. The Hall–Kier alpha value is -3.60. The molecule has 32 heavy (non-hydrogen) atoms. The number of ketones is 1. The van der Waals surface area contributed by atoms with Gasteiger partial charge in [-0.3, -0.25) is 19.5 Å². The number of hydrogen-bond acceptors (Lipinski definition) is 8. The van der Waals surface area contributed by atoms with E-state index in [1.807, 2.05) is 6.92 Å². The van der Waals surface area contributed by atoms with E-state index >= 15 is 0 Å². The Kier molecular flexibility index (Phi) is 10.2. The number of aldehydes is 1. The number of rotatable bonds is 6. The fourth-order valence-electron chi connectivity index (χ4n) is 2.50. The Morgan fingerprint density at radius 1 is 1.41 bits per heavy atom. The molecule has 1 atom stereocenters. The molecule has 0 saturated heterocycles. The van der Waals surface area contributed by atoms with Gasteiger partial charge in [0.2, 0.25) is 0 Å². The van der Waals surface area contributed by atoms with Gasteiger partial charge in [0.1, 0.15) is 35.4 Å². The van der Waals surface area contributed by atoms with Crippen molar-refractivity contribution in [2.45, 2.75) is 19.4 Å². The van der Waals surface area contributed by atoms with Gasteiger partial charge in [0, 0.05) is 25.5 Å². The Morgan fingerprint density at radius 3 is 2.50 bits per heavy atom. The van der Waals surface area contributed by atoms with Crippen molar-refractivity contribution in [2.75, 3.05) is 26.8 Å². The second-order valence-corrected chi connectivity index (χ2v) is 6.72. The van der Waals surface area contributed by atoms with Crippen LogP contribution in [0.3, 0.4) is 0 Å². The third-order valence-corrected chi connectivity index (χ3v) is 4.30. The average Bonchev–Trinajstić information content (AvgIpc) is 2.75. The Morgan fingerprint density at radius 2 is 2.00 bits per heavy atom. The van der Waals surface area contributed by atoms with Crippen molar-refractivity contribution < 1.29 is 33.0 Å². The van der Waals surface area contributed by atoms with Crippen molar-refractivity contribution in [1.29, 1.82) is 0 Å². The highest BCUT2D eigenvalue weighted by atomic mass is 19.1. The SMILES string of the molecule is CC1(C(=O)/C=C(\N)c2c(F)cccc2F)CN=CN(CC=O)C(=O)/C(=C/O)N1.CCOC. The Labute approximate surface area is 184 Å². The molecule has 1 heterocycles. The molecule has 1 aliphatic rings. The summed E-state index contributed by atoms with van der Waals surface area (Å²) in [5, 5.41) is 11.9. The Bertz CT molecular complexity index is 911. The molecule has 1 aliphatic heterocycles. The standard InChI is InChI=1S/C18H18F2N4O4.C3H8O/c1-18(9-22-10-24(5-6-25)17(28)14(8-26)23-18)15(27)7-13(21)16-11(19)3-2-4-12(16)20;1-3-4-2/h2-4,6-8,10,23,26H,5,9,21H2,1H3;3H2,1-2H3/b13-7-,14-8-,22-10?;. The number of hydrogen-bond donors (Lipinski definition) is 3. The number of carbonyl (C=O) groups is 3. The summed E-state index contributed by atoms with van der Waals surface area (Å²) in [6.45, 7) is 3.64. The van der Waals surface area contributed by atoms with Crippen LogP contribution in [0.15, 0.2) is 41.2 Å². The zero-order valence-corrected chi connectivity index (χ0v) is 18.0. The third-order valence-electron chi connectivity index (χ3n) is 4.30. The number of amides is 1. The van der Waals surface area contributed by atoms with Crippen LogP contribution >= 0.6 is 0 Å². The number of aliphatic imine (C=N–C) groups is 1. The van der Waals surface area contributed by atoms with Crippen molar-refractivity contribution in [3.63, 3.8) is 0 Å². The topological polar surface area (TPSA) is 134 Å². The van der Waals surface area contributed by atoms with Crippen LogP contribution in [0.1, 0.15) is 19.4 Å². The average molecular weight is 452 g/mol. The number of nitrogens with two attached hydrogens (primary N) is 1. The van der Waals surface area contributed by atoms with Gasteiger partial charge in [-0.05, 0) is 26.0 Å². The first kappa shape index (κ1) is 26.4. The molecule has 1 aromatic rings. The molecule has 0 radical (unpaired) electrons. The molecule has 2 rings (SSSR count). The van der Waals surface area contributed by atoms with Gasteiger partial charge in [0.05, 0.1) is 25.0 Å². The van der Waals surface area contributed by atoms with Gasteiger partial charge in [-0.2, -0.15) is 0 Å². The van der Waals surface area contributed by atoms with Gasteiger partial charge in [0.25, 0.3) is 5.91 Å². The van der Waals surface area contributed by atoms with Gasteiger partial charge < -0.3 is 25.7 Å². The summed E-state index contributed by atoms with van der Waals surface area (Å²) in [7, 11) is 1.68. The van der Waals surface area contributed by atoms with Crippen LogP contribution in [0.5, 0.6) is 0 Å². The van der Waals surface area contributed by atoms with Crippen molar-refractivity contribution in [1.82, 2.24) is 10.2 Å². The van der Waals surface area contributed by atoms with Crippen LogP contribution in [0, 0.1) is 11.6 Å². The van der Waals surface area contributed by atoms with Crippen LogP contribution in [-0.4, -0.2) is 66.7 Å². The minimum atomic E-state index is -1.56. The van der Waals surface area contributed by atoms with Gasteiger partial charge in [-0.15, -0.1) is 0 Å². The summed E-state index contributed by atoms with van der Waals surface area (Å²) >= 11 is 0. The van der Waals surface area contributed by atoms with Gasteiger partial charge >= 0.3 is 0 Å². The van der Waals surface area contributed by atoms with Crippen LogP contribution in [-0.2, 0) is 19.1 Å². The molecule has 4 N–H and O–H groups in total. The number of aliphatic hydroxyl groups excluding tert-OH is 1. The van der Waals surface area contributed by atoms with Crippen molar-refractivity contribution in [3.05, 3.63) is 53.4 Å². The first-order valence-corrected chi connectivity index (χ1v) is 9.47. The molecule has 0 aromatic heterocycles. The fraction of sp³-hybridized carbons (Fsp3) is 0.333. The summed E-state index contributed by atoms with van der Waals surface area (Å²) in [5.74, 6) is -3.41.